The number of hydrogen-bond acceptors (Lipinski definition) is 5. The van der Waals surface area contributed by atoms with E-state index in [0.717, 1.165) is 11.5 Å². The van der Waals surface area contributed by atoms with E-state index in [0.29, 0.717) is 10.7 Å². The van der Waals surface area contributed by atoms with Gasteiger partial charge < -0.3 is 16.2 Å². The second-order valence-corrected chi connectivity index (χ2v) is 5.13. The first-order valence-corrected chi connectivity index (χ1v) is 7.05. The maximum atomic E-state index is 12.2. The van der Waals surface area contributed by atoms with Crippen molar-refractivity contribution in [2.24, 2.45) is 0 Å². The summed E-state index contributed by atoms with van der Waals surface area (Å²) in [6.45, 7) is 0. The summed E-state index contributed by atoms with van der Waals surface area (Å²) in [6.07, 6.45) is 0. The summed E-state index contributed by atoms with van der Waals surface area (Å²) >= 11 is 6.60. The number of carbonyl (C=O) groups is 2. The number of hydrogen-bond donors (Lipinski definition) is 2. The number of anilines is 1. The Morgan fingerprint density at radius 3 is 2.82 bits per heavy atom. The van der Waals surface area contributed by atoms with Gasteiger partial charge in [0.05, 0.1) is 0 Å². The van der Waals surface area contributed by atoms with E-state index >= 15 is 0 Å². The predicted octanol–water partition coefficient (Wildman–Crippen LogP) is 1.21. The summed E-state index contributed by atoms with van der Waals surface area (Å²) in [5, 5.41) is 9.00. The molecule has 0 saturated heterocycles. The highest BCUT2D eigenvalue weighted by molar-refractivity contribution is 7.09. The summed E-state index contributed by atoms with van der Waals surface area (Å²) in [4.78, 5) is 26.8. The van der Waals surface area contributed by atoms with Gasteiger partial charge in [-0.3, -0.25) is 9.59 Å². The van der Waals surface area contributed by atoms with Gasteiger partial charge in [-0.2, -0.15) is 4.79 Å². The molecule has 10 heteroatoms. The van der Waals surface area contributed by atoms with E-state index in [1.807, 2.05) is 0 Å². The number of halogens is 1. The van der Waals surface area contributed by atoms with Crippen LogP contribution in [-0.2, 0) is 4.79 Å². The number of rotatable bonds is 4. The monoisotopic (exact) mass is 336 g/mol. The van der Waals surface area contributed by atoms with Gasteiger partial charge in [0.1, 0.15) is 0 Å². The van der Waals surface area contributed by atoms with Gasteiger partial charge in [-0.15, -0.1) is 5.10 Å². The summed E-state index contributed by atoms with van der Waals surface area (Å²) in [5.41, 5.74) is 8.96. The molecule has 0 unspecified atom stereocenters. The molecule has 0 radical (unpaired) electrons. The van der Waals surface area contributed by atoms with Gasteiger partial charge in [-0.1, -0.05) is 22.2 Å². The van der Waals surface area contributed by atoms with Crippen LogP contribution < -0.4 is 10.6 Å². The molecule has 1 aromatic carbocycles. The highest BCUT2D eigenvalue weighted by Crippen LogP contribution is 2.17. The Morgan fingerprint density at radius 1 is 1.41 bits per heavy atom. The second kappa shape index (κ2) is 6.90. The average molecular weight is 337 g/mol. The zero-order valence-electron chi connectivity index (χ0n) is 11.2. The predicted molar refractivity (Wildman–Crippen MR) is 81.1 cm³/mol. The molecule has 8 nitrogen and oxygen atoms in total. The molecule has 2 amide bonds. The van der Waals surface area contributed by atoms with Crippen LogP contribution >= 0.6 is 23.1 Å². The van der Waals surface area contributed by atoms with E-state index in [1.54, 1.807) is 24.3 Å². The lowest BCUT2D eigenvalue weighted by atomic mass is 10.2. The third-order valence-electron chi connectivity index (χ3n) is 2.54. The second-order valence-electron chi connectivity index (χ2n) is 3.94. The van der Waals surface area contributed by atoms with Crippen LogP contribution in [0.4, 0.5) is 5.69 Å². The fraction of sp³-hybridized carbons (Fsp3) is 0.0833. The number of aromatic nitrogens is 2. The van der Waals surface area contributed by atoms with Gasteiger partial charge in [-0.25, -0.2) is 0 Å². The molecular formula is C12H9ClN6O2S. The molecule has 2 N–H and O–H groups in total. The number of amides is 2. The minimum atomic E-state index is -0.662. The summed E-state index contributed by atoms with van der Waals surface area (Å²) in [5.74, 6) is -1.26. The fourth-order valence-electron chi connectivity index (χ4n) is 1.56. The first kappa shape index (κ1) is 15.8. The van der Waals surface area contributed by atoms with Gasteiger partial charge in [0.15, 0.2) is 10.6 Å². The van der Waals surface area contributed by atoms with Crippen molar-refractivity contribution in [1.82, 2.24) is 14.9 Å². The molecule has 0 saturated carbocycles. The molecule has 2 rings (SSSR count). The van der Waals surface area contributed by atoms with Crippen molar-refractivity contribution in [2.45, 2.75) is 0 Å². The molecule has 1 aromatic heterocycles. The number of carbonyl (C=O) groups excluding carboxylic acids is 2. The van der Waals surface area contributed by atoms with E-state index in [4.69, 9.17) is 17.1 Å². The molecule has 0 bridgehead atoms. The average Bonchev–Trinajstić information content (AvgIpc) is 2.97. The standard InChI is InChI=1S/C12H9ClN6O2S/c1-15-11(20)8(17-14)10-9(18-19-22-10)12(21)16-7-4-2-3-6(13)5-7/h2-5H,1H3,(H,15,20)(H,16,21). The first-order chi connectivity index (χ1) is 10.6. The maximum absolute atomic E-state index is 12.2. The van der Waals surface area contributed by atoms with Crippen LogP contribution in [-0.4, -0.2) is 39.0 Å². The topological polar surface area (TPSA) is 120 Å². The number of likely N-dealkylation sites (N-methyl/N-ethyl adjacent to an activating group) is 1. The summed E-state index contributed by atoms with van der Waals surface area (Å²) in [7, 11) is 1.37. The lowest BCUT2D eigenvalue weighted by Gasteiger charge is -2.03. The zero-order valence-corrected chi connectivity index (χ0v) is 12.8. The largest absolute Gasteiger partial charge is 0.400 e. The van der Waals surface area contributed by atoms with E-state index in [1.165, 1.54) is 7.05 Å². The van der Waals surface area contributed by atoms with Crippen molar-refractivity contribution in [3.8, 4) is 0 Å². The van der Waals surface area contributed by atoms with Crippen LogP contribution in [0.1, 0.15) is 15.4 Å². The third kappa shape index (κ3) is 3.34. The lowest BCUT2D eigenvalue weighted by Crippen LogP contribution is -2.30. The SMILES string of the molecule is CNC(=O)C(=[N+]=[N-])c1snnc1C(=O)Nc1cccc(Cl)c1. The van der Waals surface area contributed by atoms with Crippen molar-refractivity contribution < 1.29 is 14.4 Å². The maximum Gasteiger partial charge on any atom is 0.400 e. The molecule has 0 aliphatic heterocycles. The first-order valence-electron chi connectivity index (χ1n) is 5.90. The molecule has 22 heavy (non-hydrogen) atoms. The van der Waals surface area contributed by atoms with Crippen LogP contribution in [0, 0.1) is 0 Å². The van der Waals surface area contributed by atoms with Crippen LogP contribution in [0.2, 0.25) is 5.02 Å². The highest BCUT2D eigenvalue weighted by Gasteiger charge is 2.31. The van der Waals surface area contributed by atoms with Crippen LogP contribution in [0.25, 0.3) is 5.53 Å². The molecule has 1 heterocycles. The van der Waals surface area contributed by atoms with E-state index in [9.17, 15) is 9.59 Å². The summed E-state index contributed by atoms with van der Waals surface area (Å²) in [6, 6.07) is 6.53. The number of benzene rings is 1. The lowest BCUT2D eigenvalue weighted by molar-refractivity contribution is -0.118. The number of nitrogens with one attached hydrogen (secondary N) is 2. The molecule has 0 atom stereocenters. The Bertz CT molecular complexity index is 783. The molecular weight excluding hydrogens is 328 g/mol. The Hall–Kier alpha value is -2.61. The van der Waals surface area contributed by atoms with Crippen molar-refractivity contribution in [3.05, 3.63) is 45.4 Å². The molecule has 0 fully saturated rings. The van der Waals surface area contributed by atoms with Gasteiger partial charge in [0, 0.05) is 17.8 Å². The molecule has 2 aromatic rings. The fourth-order valence-corrected chi connectivity index (χ4v) is 2.40. The van der Waals surface area contributed by atoms with Crippen LogP contribution in [0.5, 0.6) is 0 Å². The van der Waals surface area contributed by atoms with Gasteiger partial charge >= 0.3 is 11.6 Å². The normalized spacial score (nSPS) is 9.73. The van der Waals surface area contributed by atoms with E-state index in [2.05, 4.69) is 25.0 Å². The van der Waals surface area contributed by atoms with Gasteiger partial charge in [0.25, 0.3) is 5.91 Å². The van der Waals surface area contributed by atoms with Crippen molar-refractivity contribution in [1.29, 1.82) is 0 Å². The van der Waals surface area contributed by atoms with E-state index in [-0.39, 0.29) is 16.3 Å². The van der Waals surface area contributed by atoms with E-state index < -0.39 is 11.8 Å². The van der Waals surface area contributed by atoms with Crippen molar-refractivity contribution in [3.63, 3.8) is 0 Å². The Labute approximate surface area is 133 Å². The Kier molecular flexibility index (Phi) is 4.95. The summed E-state index contributed by atoms with van der Waals surface area (Å²) < 4.78 is 3.62. The quantitative estimate of drug-likeness (QED) is 0.495. The molecule has 0 aliphatic rings. The van der Waals surface area contributed by atoms with Crippen molar-refractivity contribution in [2.75, 3.05) is 12.4 Å². The minimum absolute atomic E-state index is 0.0568. The van der Waals surface area contributed by atoms with Gasteiger partial charge in [0.2, 0.25) is 0 Å². The van der Waals surface area contributed by atoms with Crippen LogP contribution in [0.15, 0.2) is 24.3 Å². The smallest absolute Gasteiger partial charge is 0.360 e. The molecule has 112 valence electrons. The minimum Gasteiger partial charge on any atom is -0.360 e. The molecule has 0 aliphatic carbocycles. The highest BCUT2D eigenvalue weighted by atomic mass is 35.5. The van der Waals surface area contributed by atoms with Crippen LogP contribution in [0.3, 0.4) is 0 Å². The van der Waals surface area contributed by atoms with Gasteiger partial charge in [-0.05, 0) is 29.7 Å². The van der Waals surface area contributed by atoms with Crippen molar-refractivity contribution >= 4 is 46.3 Å². The Morgan fingerprint density at radius 2 is 2.18 bits per heavy atom. The third-order valence-corrected chi connectivity index (χ3v) is 3.51. The zero-order chi connectivity index (χ0) is 16.1. The molecule has 0 spiro atoms. The Balaban J connectivity index is 2.31. The number of nitrogens with zero attached hydrogens (tertiary/aromatic N) is 4.